The Hall–Kier alpha value is -3.92. The number of rotatable bonds is 11. The molecule has 0 aliphatic carbocycles. The van der Waals surface area contributed by atoms with E-state index in [2.05, 4.69) is 48.5 Å². The third-order valence-electron chi connectivity index (χ3n) is 6.03. The first kappa shape index (κ1) is 24.2. The Morgan fingerprint density at radius 1 is 0.400 bits per heavy atom. The number of ether oxygens (including phenoxy) is 4. The fourth-order valence-electron chi connectivity index (χ4n) is 4.01. The number of methoxy groups -OCH3 is 3. The molecular formula is C31H32O4. The second kappa shape index (κ2) is 12.0. The van der Waals surface area contributed by atoms with Crippen LogP contribution >= 0.6 is 0 Å². The molecule has 0 heterocycles. The predicted octanol–water partition coefficient (Wildman–Crippen LogP) is 7.08. The van der Waals surface area contributed by atoms with Crippen molar-refractivity contribution in [3.63, 3.8) is 0 Å². The summed E-state index contributed by atoms with van der Waals surface area (Å²) in [6.45, 7) is 0. The molecular weight excluding hydrogens is 436 g/mol. The fraction of sp³-hybridized carbons (Fsp3) is 0.226. The molecule has 0 atom stereocenters. The van der Waals surface area contributed by atoms with E-state index in [-0.39, 0.29) is 0 Å². The molecule has 0 aliphatic rings. The largest absolute Gasteiger partial charge is 0.497 e. The van der Waals surface area contributed by atoms with E-state index in [9.17, 15) is 0 Å². The van der Waals surface area contributed by atoms with Gasteiger partial charge in [-0.2, -0.15) is 0 Å². The van der Waals surface area contributed by atoms with Gasteiger partial charge in [-0.25, -0.2) is 0 Å². The summed E-state index contributed by atoms with van der Waals surface area (Å²) in [6, 6.07) is 30.8. The van der Waals surface area contributed by atoms with Crippen molar-refractivity contribution < 1.29 is 18.9 Å². The lowest BCUT2D eigenvalue weighted by atomic mass is 10.0. The molecule has 0 aromatic heterocycles. The van der Waals surface area contributed by atoms with Gasteiger partial charge in [0.15, 0.2) is 0 Å². The topological polar surface area (TPSA) is 36.9 Å². The molecule has 180 valence electrons. The van der Waals surface area contributed by atoms with Gasteiger partial charge >= 0.3 is 0 Å². The number of hydrogen-bond donors (Lipinski definition) is 0. The van der Waals surface area contributed by atoms with Gasteiger partial charge in [0.25, 0.3) is 0 Å². The van der Waals surface area contributed by atoms with Crippen molar-refractivity contribution in [2.45, 2.75) is 25.7 Å². The summed E-state index contributed by atoms with van der Waals surface area (Å²) in [7, 11) is 5.07. The first-order valence-electron chi connectivity index (χ1n) is 11.9. The van der Waals surface area contributed by atoms with Gasteiger partial charge < -0.3 is 18.9 Å². The molecule has 0 spiro atoms. The third-order valence-corrected chi connectivity index (χ3v) is 6.03. The molecule has 35 heavy (non-hydrogen) atoms. The smallest absolute Gasteiger partial charge is 0.131 e. The van der Waals surface area contributed by atoms with Crippen LogP contribution in [0.1, 0.15) is 22.3 Å². The van der Waals surface area contributed by atoms with Gasteiger partial charge in [0, 0.05) is 6.07 Å². The number of hydrogen-bond acceptors (Lipinski definition) is 4. The predicted molar refractivity (Wildman–Crippen MR) is 140 cm³/mol. The fourth-order valence-corrected chi connectivity index (χ4v) is 4.01. The standard InChI is InChI=1S/C31H32O4/c1-32-27-15-11-24(12-16-27)8-10-26-20-30(34-3)22-31(21-26)35-28-17-13-23(14-18-28)7-9-25-5-4-6-29(19-25)33-2/h4-6,11-22H,7-10H2,1-3H3. The van der Waals surface area contributed by atoms with Crippen LogP contribution in [0.15, 0.2) is 91.0 Å². The summed E-state index contributed by atoms with van der Waals surface area (Å²) >= 11 is 0. The van der Waals surface area contributed by atoms with E-state index in [1.54, 1.807) is 21.3 Å². The van der Waals surface area contributed by atoms with Crippen LogP contribution in [0.25, 0.3) is 0 Å². The Kier molecular flexibility index (Phi) is 8.29. The normalized spacial score (nSPS) is 10.6. The van der Waals surface area contributed by atoms with E-state index < -0.39 is 0 Å². The average Bonchev–Trinajstić information content (AvgIpc) is 2.91. The van der Waals surface area contributed by atoms with E-state index in [0.717, 1.165) is 54.4 Å². The van der Waals surface area contributed by atoms with Crippen molar-refractivity contribution in [1.29, 1.82) is 0 Å². The highest BCUT2D eigenvalue weighted by molar-refractivity contribution is 5.42. The minimum absolute atomic E-state index is 0.776. The summed E-state index contributed by atoms with van der Waals surface area (Å²) in [5.41, 5.74) is 4.97. The van der Waals surface area contributed by atoms with Crippen LogP contribution in [-0.4, -0.2) is 21.3 Å². The Morgan fingerprint density at radius 3 is 1.54 bits per heavy atom. The molecule has 0 amide bonds. The molecule has 4 aromatic carbocycles. The van der Waals surface area contributed by atoms with Crippen LogP contribution in [0.3, 0.4) is 0 Å². The van der Waals surface area contributed by atoms with Crippen molar-refractivity contribution in [3.8, 4) is 28.7 Å². The van der Waals surface area contributed by atoms with Crippen LogP contribution < -0.4 is 18.9 Å². The van der Waals surface area contributed by atoms with Gasteiger partial charge in [0.05, 0.1) is 21.3 Å². The minimum atomic E-state index is 0.776. The summed E-state index contributed by atoms with van der Waals surface area (Å²) in [4.78, 5) is 0. The lowest BCUT2D eigenvalue weighted by Crippen LogP contribution is -1.95. The van der Waals surface area contributed by atoms with Gasteiger partial charge in [-0.3, -0.25) is 0 Å². The van der Waals surface area contributed by atoms with Crippen LogP contribution in [0.4, 0.5) is 0 Å². The molecule has 0 radical (unpaired) electrons. The molecule has 0 saturated heterocycles. The Bertz CT molecular complexity index is 1210. The second-order valence-corrected chi connectivity index (χ2v) is 8.46. The zero-order valence-corrected chi connectivity index (χ0v) is 20.6. The lowest BCUT2D eigenvalue weighted by Gasteiger charge is -2.12. The lowest BCUT2D eigenvalue weighted by molar-refractivity contribution is 0.408. The summed E-state index contributed by atoms with van der Waals surface area (Å²) < 4.78 is 22.3. The maximum absolute atomic E-state index is 6.18. The molecule has 0 bridgehead atoms. The van der Waals surface area contributed by atoms with Crippen LogP contribution in [-0.2, 0) is 25.7 Å². The van der Waals surface area contributed by atoms with Crippen molar-refractivity contribution in [2.75, 3.05) is 21.3 Å². The van der Waals surface area contributed by atoms with Gasteiger partial charge in [-0.15, -0.1) is 0 Å². The molecule has 0 aliphatic heterocycles. The third kappa shape index (κ3) is 7.03. The van der Waals surface area contributed by atoms with Crippen molar-refractivity contribution in [2.24, 2.45) is 0 Å². The van der Waals surface area contributed by atoms with Gasteiger partial charge in [-0.1, -0.05) is 36.4 Å². The summed E-state index contributed by atoms with van der Waals surface area (Å²) in [6.07, 6.45) is 3.74. The van der Waals surface area contributed by atoms with E-state index in [4.69, 9.17) is 18.9 Å². The SMILES string of the molecule is COc1ccc(CCc2cc(OC)cc(Oc3ccc(CCc4cccc(OC)c4)cc3)c2)cc1. The maximum Gasteiger partial charge on any atom is 0.131 e. The highest BCUT2D eigenvalue weighted by Crippen LogP contribution is 2.29. The molecule has 0 fully saturated rings. The van der Waals surface area contributed by atoms with Crippen molar-refractivity contribution >= 4 is 0 Å². The molecule has 0 N–H and O–H groups in total. The molecule has 4 rings (SSSR count). The van der Waals surface area contributed by atoms with E-state index in [1.165, 1.54) is 22.3 Å². The Labute approximate surface area is 208 Å². The maximum atomic E-state index is 6.18. The molecule has 0 saturated carbocycles. The quantitative estimate of drug-likeness (QED) is 0.236. The second-order valence-electron chi connectivity index (χ2n) is 8.46. The Balaban J connectivity index is 1.37. The van der Waals surface area contributed by atoms with Crippen LogP contribution in [0.5, 0.6) is 28.7 Å². The van der Waals surface area contributed by atoms with Gasteiger partial charge in [0.1, 0.15) is 28.7 Å². The molecule has 0 unspecified atom stereocenters. The van der Waals surface area contributed by atoms with Crippen LogP contribution in [0, 0.1) is 0 Å². The number of aryl methyl sites for hydroxylation is 4. The van der Waals surface area contributed by atoms with E-state index in [1.807, 2.05) is 42.5 Å². The Morgan fingerprint density at radius 2 is 0.914 bits per heavy atom. The zero-order valence-electron chi connectivity index (χ0n) is 20.6. The average molecular weight is 469 g/mol. The van der Waals surface area contributed by atoms with Crippen molar-refractivity contribution in [1.82, 2.24) is 0 Å². The summed E-state index contributed by atoms with van der Waals surface area (Å²) in [5.74, 6) is 4.15. The van der Waals surface area contributed by atoms with Crippen molar-refractivity contribution in [3.05, 3.63) is 113 Å². The first-order chi connectivity index (χ1) is 17.1. The number of benzene rings is 4. The molecule has 4 aromatic rings. The van der Waals surface area contributed by atoms with Crippen LogP contribution in [0.2, 0.25) is 0 Å². The monoisotopic (exact) mass is 468 g/mol. The highest BCUT2D eigenvalue weighted by Gasteiger charge is 2.06. The highest BCUT2D eigenvalue weighted by atomic mass is 16.5. The van der Waals surface area contributed by atoms with Gasteiger partial charge in [-0.05, 0) is 96.5 Å². The summed E-state index contributed by atoms with van der Waals surface area (Å²) in [5, 5.41) is 0. The van der Waals surface area contributed by atoms with Gasteiger partial charge in [0.2, 0.25) is 0 Å². The van der Waals surface area contributed by atoms with E-state index >= 15 is 0 Å². The first-order valence-corrected chi connectivity index (χ1v) is 11.9. The zero-order chi connectivity index (χ0) is 24.5. The molecule has 4 heteroatoms. The van der Waals surface area contributed by atoms with E-state index in [0.29, 0.717) is 0 Å². The molecule has 4 nitrogen and oxygen atoms in total. The minimum Gasteiger partial charge on any atom is -0.497 e.